The highest BCUT2D eigenvalue weighted by Crippen LogP contribution is 2.24. The predicted octanol–water partition coefficient (Wildman–Crippen LogP) is 0.728. The third-order valence-corrected chi connectivity index (χ3v) is 5.17. The van der Waals surface area contributed by atoms with Gasteiger partial charge < -0.3 is 10.2 Å². The lowest BCUT2D eigenvalue weighted by Crippen LogP contribution is -2.49. The molecular formula is C14H28ClN3O3S. The van der Waals surface area contributed by atoms with Crippen molar-refractivity contribution in [3.8, 4) is 0 Å². The minimum Gasteiger partial charge on any atom is -0.339 e. The fraction of sp³-hybridized carbons (Fsp3) is 0.929. The number of rotatable bonds is 5. The Kier molecular flexibility index (Phi) is 8.10. The number of halogens is 1. The summed E-state index contributed by atoms with van der Waals surface area (Å²) in [6, 6.07) is 0.190. The lowest BCUT2D eigenvalue weighted by Gasteiger charge is -2.39. The molecular weight excluding hydrogens is 326 g/mol. The highest BCUT2D eigenvalue weighted by molar-refractivity contribution is 7.88. The van der Waals surface area contributed by atoms with Gasteiger partial charge >= 0.3 is 0 Å². The second kappa shape index (κ2) is 9.05. The highest BCUT2D eigenvalue weighted by Gasteiger charge is 2.31. The lowest BCUT2D eigenvalue weighted by atomic mass is 9.92. The molecule has 2 aliphatic rings. The van der Waals surface area contributed by atoms with E-state index >= 15 is 0 Å². The fourth-order valence-corrected chi connectivity index (χ4v) is 3.79. The van der Waals surface area contributed by atoms with Crippen LogP contribution in [0.15, 0.2) is 0 Å². The largest absolute Gasteiger partial charge is 0.339 e. The molecule has 0 aromatic heterocycles. The van der Waals surface area contributed by atoms with Crippen LogP contribution in [-0.4, -0.2) is 57.7 Å². The van der Waals surface area contributed by atoms with Crippen LogP contribution in [0.1, 0.15) is 38.5 Å². The molecule has 2 fully saturated rings. The number of carbonyl (C=O) groups excluding carboxylic acids is 1. The molecule has 2 rings (SSSR count). The predicted molar refractivity (Wildman–Crippen MR) is 89.7 cm³/mol. The van der Waals surface area contributed by atoms with E-state index < -0.39 is 10.0 Å². The van der Waals surface area contributed by atoms with Gasteiger partial charge in [-0.15, -0.1) is 12.4 Å². The molecule has 2 saturated heterocycles. The Morgan fingerprint density at radius 1 is 1.23 bits per heavy atom. The van der Waals surface area contributed by atoms with Gasteiger partial charge in [0.2, 0.25) is 15.9 Å². The summed E-state index contributed by atoms with van der Waals surface area (Å²) >= 11 is 0. The van der Waals surface area contributed by atoms with Gasteiger partial charge in [-0.25, -0.2) is 13.1 Å². The molecule has 22 heavy (non-hydrogen) atoms. The van der Waals surface area contributed by atoms with Crippen molar-refractivity contribution in [2.45, 2.75) is 44.6 Å². The van der Waals surface area contributed by atoms with E-state index in [1.165, 1.54) is 6.26 Å². The van der Waals surface area contributed by atoms with Crippen molar-refractivity contribution in [2.75, 3.05) is 32.4 Å². The zero-order valence-electron chi connectivity index (χ0n) is 13.2. The number of likely N-dealkylation sites (tertiary alicyclic amines) is 1. The summed E-state index contributed by atoms with van der Waals surface area (Å²) < 4.78 is 24.8. The Bertz CT molecular complexity index is 452. The van der Waals surface area contributed by atoms with Gasteiger partial charge in [0.25, 0.3) is 0 Å². The lowest BCUT2D eigenvalue weighted by molar-refractivity contribution is -0.140. The normalized spacial score (nSPS) is 23.9. The first kappa shape index (κ1) is 19.7. The van der Waals surface area contributed by atoms with E-state index in [0.717, 1.165) is 51.7 Å². The first-order valence-corrected chi connectivity index (χ1v) is 9.82. The maximum Gasteiger partial charge on any atom is 0.226 e. The van der Waals surface area contributed by atoms with Crippen molar-refractivity contribution >= 4 is 28.3 Å². The van der Waals surface area contributed by atoms with Crippen molar-refractivity contribution < 1.29 is 13.2 Å². The molecule has 0 spiro atoms. The standard InChI is InChI=1S/C14H27N3O3S.ClH/c1-21(19,20)16-10-7-13-4-2-3-11-17(13)14(18)12-5-8-15-9-6-12;/h12-13,15-16H,2-11H2,1H3;1H. The van der Waals surface area contributed by atoms with E-state index in [2.05, 4.69) is 10.0 Å². The third-order valence-electron chi connectivity index (χ3n) is 4.44. The van der Waals surface area contributed by atoms with Crippen LogP contribution in [0, 0.1) is 5.92 Å². The van der Waals surface area contributed by atoms with Crippen LogP contribution in [0.5, 0.6) is 0 Å². The van der Waals surface area contributed by atoms with E-state index in [1.807, 2.05) is 4.90 Å². The number of amides is 1. The minimum absolute atomic E-state index is 0. The summed E-state index contributed by atoms with van der Waals surface area (Å²) in [5.74, 6) is 0.426. The van der Waals surface area contributed by atoms with E-state index in [9.17, 15) is 13.2 Å². The Labute approximate surface area is 139 Å². The Balaban J connectivity index is 0.00000242. The summed E-state index contributed by atoms with van der Waals surface area (Å²) in [5, 5.41) is 3.29. The van der Waals surface area contributed by atoms with E-state index in [4.69, 9.17) is 0 Å². The number of nitrogens with one attached hydrogen (secondary N) is 2. The first-order chi connectivity index (χ1) is 9.97. The number of piperidine rings is 2. The van der Waals surface area contributed by atoms with Crippen molar-refractivity contribution in [1.82, 2.24) is 14.9 Å². The van der Waals surface area contributed by atoms with Gasteiger partial charge in [-0.2, -0.15) is 0 Å². The number of hydrogen-bond donors (Lipinski definition) is 2. The van der Waals surface area contributed by atoms with Crippen LogP contribution < -0.4 is 10.0 Å². The Morgan fingerprint density at radius 2 is 1.91 bits per heavy atom. The summed E-state index contributed by atoms with van der Waals surface area (Å²) in [6.45, 7) is 3.08. The van der Waals surface area contributed by atoms with Crippen molar-refractivity contribution in [1.29, 1.82) is 0 Å². The molecule has 0 aliphatic carbocycles. The van der Waals surface area contributed by atoms with Crippen LogP contribution in [0.25, 0.3) is 0 Å². The van der Waals surface area contributed by atoms with Gasteiger partial charge in [-0.3, -0.25) is 4.79 Å². The third kappa shape index (κ3) is 6.02. The van der Waals surface area contributed by atoms with Gasteiger partial charge in [0.1, 0.15) is 0 Å². The maximum atomic E-state index is 12.7. The number of sulfonamides is 1. The second-order valence-corrected chi connectivity index (χ2v) is 7.99. The topological polar surface area (TPSA) is 78.5 Å². The molecule has 0 aromatic carbocycles. The summed E-state index contributed by atoms with van der Waals surface area (Å²) in [6.07, 6.45) is 6.90. The monoisotopic (exact) mass is 353 g/mol. The average Bonchev–Trinajstić information content (AvgIpc) is 2.47. The smallest absolute Gasteiger partial charge is 0.226 e. The van der Waals surface area contributed by atoms with Gasteiger partial charge in [-0.1, -0.05) is 0 Å². The van der Waals surface area contributed by atoms with E-state index in [-0.39, 0.29) is 30.3 Å². The zero-order valence-corrected chi connectivity index (χ0v) is 14.8. The van der Waals surface area contributed by atoms with Crippen molar-refractivity contribution in [3.05, 3.63) is 0 Å². The van der Waals surface area contributed by atoms with Crippen molar-refractivity contribution in [2.24, 2.45) is 5.92 Å². The van der Waals surface area contributed by atoms with Gasteiger partial charge in [-0.05, 0) is 51.6 Å². The Hall–Kier alpha value is -0.370. The molecule has 0 radical (unpaired) electrons. The molecule has 1 amide bonds. The van der Waals surface area contributed by atoms with E-state index in [1.54, 1.807) is 0 Å². The molecule has 130 valence electrons. The molecule has 1 unspecified atom stereocenters. The molecule has 0 saturated carbocycles. The zero-order chi connectivity index (χ0) is 15.3. The van der Waals surface area contributed by atoms with Crippen LogP contribution in [0.2, 0.25) is 0 Å². The van der Waals surface area contributed by atoms with Crippen LogP contribution >= 0.6 is 12.4 Å². The van der Waals surface area contributed by atoms with Gasteiger partial charge in [0.15, 0.2) is 0 Å². The van der Waals surface area contributed by atoms with E-state index in [0.29, 0.717) is 13.0 Å². The molecule has 0 bridgehead atoms. The molecule has 8 heteroatoms. The molecule has 2 aliphatic heterocycles. The molecule has 0 aromatic rings. The van der Waals surface area contributed by atoms with Crippen LogP contribution in [0.4, 0.5) is 0 Å². The minimum atomic E-state index is -3.14. The highest BCUT2D eigenvalue weighted by atomic mass is 35.5. The number of carbonyl (C=O) groups is 1. The molecule has 2 N–H and O–H groups in total. The second-order valence-electron chi connectivity index (χ2n) is 6.16. The average molecular weight is 354 g/mol. The first-order valence-electron chi connectivity index (χ1n) is 7.93. The van der Waals surface area contributed by atoms with Crippen LogP contribution in [0.3, 0.4) is 0 Å². The number of hydrogen-bond acceptors (Lipinski definition) is 4. The van der Waals surface area contributed by atoms with Gasteiger partial charge in [0, 0.05) is 25.0 Å². The van der Waals surface area contributed by atoms with Crippen LogP contribution in [-0.2, 0) is 14.8 Å². The summed E-state index contributed by atoms with van der Waals surface area (Å²) in [4.78, 5) is 14.7. The molecule has 1 atom stereocenters. The summed E-state index contributed by atoms with van der Waals surface area (Å²) in [5.41, 5.74) is 0. The quantitative estimate of drug-likeness (QED) is 0.763. The molecule has 2 heterocycles. The molecule has 6 nitrogen and oxygen atoms in total. The summed E-state index contributed by atoms with van der Waals surface area (Å²) in [7, 11) is -3.14. The fourth-order valence-electron chi connectivity index (χ4n) is 3.31. The number of nitrogens with zero attached hydrogens (tertiary/aromatic N) is 1. The Morgan fingerprint density at radius 3 is 2.55 bits per heavy atom. The SMILES string of the molecule is CS(=O)(=O)NCCC1CCCCN1C(=O)C1CCNCC1.Cl. The van der Waals surface area contributed by atoms with Crippen molar-refractivity contribution in [3.63, 3.8) is 0 Å². The maximum absolute atomic E-state index is 12.7. The van der Waals surface area contributed by atoms with Gasteiger partial charge in [0.05, 0.1) is 6.26 Å².